The molecular weight excluding hydrogens is 356 g/mol. The standard InChI is InChI=1S/C21H18N4O3/c1-13-20(23-24-25(13)12-14-7-9-15(28-2)10-8-14)19-11-17(21(26)27)16-5-3-4-6-18(16)22-19/h3-11H,12H2,1-2H3,(H,26,27). The van der Waals surface area contributed by atoms with Crippen LogP contribution in [0.4, 0.5) is 0 Å². The molecule has 0 radical (unpaired) electrons. The molecular formula is C21H18N4O3. The number of pyridine rings is 1. The first-order chi connectivity index (χ1) is 13.6. The van der Waals surface area contributed by atoms with Crippen LogP contribution in [0.5, 0.6) is 5.75 Å². The zero-order valence-corrected chi connectivity index (χ0v) is 15.5. The van der Waals surface area contributed by atoms with E-state index < -0.39 is 5.97 Å². The third kappa shape index (κ3) is 3.18. The number of rotatable bonds is 5. The van der Waals surface area contributed by atoms with Gasteiger partial charge in [-0.05, 0) is 36.8 Å². The summed E-state index contributed by atoms with van der Waals surface area (Å²) in [6.45, 7) is 2.44. The van der Waals surface area contributed by atoms with Crippen molar-refractivity contribution in [2.45, 2.75) is 13.5 Å². The van der Waals surface area contributed by atoms with E-state index in [-0.39, 0.29) is 5.56 Å². The fraction of sp³-hybridized carbons (Fsp3) is 0.143. The third-order valence-electron chi connectivity index (χ3n) is 4.66. The molecule has 4 rings (SSSR count). The summed E-state index contributed by atoms with van der Waals surface area (Å²) in [4.78, 5) is 16.3. The van der Waals surface area contributed by atoms with Gasteiger partial charge in [0.25, 0.3) is 0 Å². The molecule has 0 aliphatic heterocycles. The second-order valence-corrected chi connectivity index (χ2v) is 6.41. The van der Waals surface area contributed by atoms with Gasteiger partial charge in [0.15, 0.2) is 0 Å². The predicted octanol–water partition coefficient (Wildman–Crippen LogP) is 3.56. The van der Waals surface area contributed by atoms with Crippen molar-refractivity contribution in [3.63, 3.8) is 0 Å². The first kappa shape index (κ1) is 17.7. The van der Waals surface area contributed by atoms with Gasteiger partial charge in [-0.3, -0.25) is 0 Å². The number of carbonyl (C=O) groups is 1. The number of benzene rings is 2. The van der Waals surface area contributed by atoms with Crippen LogP contribution in [0, 0.1) is 6.92 Å². The Bertz CT molecular complexity index is 1170. The Hall–Kier alpha value is -3.74. The number of aromatic nitrogens is 4. The lowest BCUT2D eigenvalue weighted by atomic mass is 10.1. The van der Waals surface area contributed by atoms with E-state index in [9.17, 15) is 9.90 Å². The molecule has 4 aromatic rings. The highest BCUT2D eigenvalue weighted by atomic mass is 16.5. The number of fused-ring (bicyclic) bond motifs is 1. The summed E-state index contributed by atoms with van der Waals surface area (Å²) in [5.41, 5.74) is 3.75. The minimum absolute atomic E-state index is 0.199. The lowest BCUT2D eigenvalue weighted by Gasteiger charge is -2.07. The molecule has 0 unspecified atom stereocenters. The molecule has 0 aliphatic rings. The zero-order chi connectivity index (χ0) is 19.7. The summed E-state index contributed by atoms with van der Waals surface area (Å²) >= 11 is 0. The summed E-state index contributed by atoms with van der Waals surface area (Å²) in [5, 5.41) is 18.7. The number of carboxylic acids is 1. The summed E-state index contributed by atoms with van der Waals surface area (Å²) in [6.07, 6.45) is 0. The number of hydrogen-bond acceptors (Lipinski definition) is 5. The Morgan fingerprint density at radius 2 is 1.89 bits per heavy atom. The summed E-state index contributed by atoms with van der Waals surface area (Å²) in [6, 6.07) is 16.5. The number of aromatic carboxylic acids is 1. The largest absolute Gasteiger partial charge is 0.497 e. The van der Waals surface area contributed by atoms with Crippen molar-refractivity contribution in [1.82, 2.24) is 20.0 Å². The van der Waals surface area contributed by atoms with Crippen molar-refractivity contribution < 1.29 is 14.6 Å². The van der Waals surface area contributed by atoms with E-state index in [0.29, 0.717) is 28.8 Å². The maximum absolute atomic E-state index is 11.7. The van der Waals surface area contributed by atoms with E-state index >= 15 is 0 Å². The maximum Gasteiger partial charge on any atom is 0.336 e. The van der Waals surface area contributed by atoms with Gasteiger partial charge in [-0.25, -0.2) is 14.5 Å². The molecule has 0 saturated heterocycles. The van der Waals surface area contributed by atoms with Gasteiger partial charge in [-0.1, -0.05) is 35.5 Å². The van der Waals surface area contributed by atoms with Gasteiger partial charge < -0.3 is 9.84 Å². The molecule has 7 nitrogen and oxygen atoms in total. The van der Waals surface area contributed by atoms with E-state index in [4.69, 9.17) is 4.74 Å². The highest BCUT2D eigenvalue weighted by molar-refractivity contribution is 6.03. The molecule has 1 N–H and O–H groups in total. The molecule has 140 valence electrons. The molecule has 0 bridgehead atoms. The van der Waals surface area contributed by atoms with Crippen molar-refractivity contribution in [1.29, 1.82) is 0 Å². The van der Waals surface area contributed by atoms with Crippen LogP contribution in [0.1, 0.15) is 21.6 Å². The maximum atomic E-state index is 11.7. The number of nitrogens with zero attached hydrogens (tertiary/aromatic N) is 4. The monoisotopic (exact) mass is 374 g/mol. The van der Waals surface area contributed by atoms with E-state index in [1.165, 1.54) is 0 Å². The van der Waals surface area contributed by atoms with E-state index in [0.717, 1.165) is 17.0 Å². The van der Waals surface area contributed by atoms with E-state index in [2.05, 4.69) is 15.3 Å². The molecule has 2 aromatic heterocycles. The number of methoxy groups -OCH3 is 1. The summed E-state index contributed by atoms with van der Waals surface area (Å²) < 4.78 is 6.95. The fourth-order valence-corrected chi connectivity index (χ4v) is 3.12. The molecule has 28 heavy (non-hydrogen) atoms. The average molecular weight is 374 g/mol. The first-order valence-electron chi connectivity index (χ1n) is 8.73. The number of ether oxygens (including phenoxy) is 1. The van der Waals surface area contributed by atoms with Gasteiger partial charge in [0, 0.05) is 5.39 Å². The number of carboxylic acid groups (broad SMARTS) is 1. The normalized spacial score (nSPS) is 10.9. The predicted molar refractivity (Wildman–Crippen MR) is 105 cm³/mol. The smallest absolute Gasteiger partial charge is 0.336 e. The van der Waals surface area contributed by atoms with Gasteiger partial charge in [0.1, 0.15) is 11.4 Å². The Kier molecular flexibility index (Phi) is 4.49. The minimum Gasteiger partial charge on any atom is -0.497 e. The molecule has 0 fully saturated rings. The highest BCUT2D eigenvalue weighted by Crippen LogP contribution is 2.26. The third-order valence-corrected chi connectivity index (χ3v) is 4.66. The molecule has 0 aliphatic carbocycles. The SMILES string of the molecule is COc1ccc(Cn2nnc(-c3cc(C(=O)O)c4ccccc4n3)c2C)cc1. The summed E-state index contributed by atoms with van der Waals surface area (Å²) in [5.74, 6) is -0.204. The Morgan fingerprint density at radius 3 is 2.61 bits per heavy atom. The Balaban J connectivity index is 1.73. The van der Waals surface area contributed by atoms with Crippen molar-refractivity contribution in [2.75, 3.05) is 7.11 Å². The van der Waals surface area contributed by atoms with Crippen LogP contribution in [0.2, 0.25) is 0 Å². The van der Waals surface area contributed by atoms with Crippen LogP contribution in [-0.2, 0) is 6.54 Å². The van der Waals surface area contributed by atoms with Crippen molar-refractivity contribution >= 4 is 16.9 Å². The molecule has 0 atom stereocenters. The van der Waals surface area contributed by atoms with Crippen LogP contribution in [0.3, 0.4) is 0 Å². The second kappa shape index (κ2) is 7.11. The van der Waals surface area contributed by atoms with Crippen LogP contribution in [0.25, 0.3) is 22.3 Å². The topological polar surface area (TPSA) is 90.1 Å². The number of para-hydroxylation sites is 1. The van der Waals surface area contributed by atoms with Crippen LogP contribution in [0.15, 0.2) is 54.6 Å². The first-order valence-corrected chi connectivity index (χ1v) is 8.73. The molecule has 0 saturated carbocycles. The van der Waals surface area contributed by atoms with E-state index in [1.54, 1.807) is 36.1 Å². The summed E-state index contributed by atoms with van der Waals surface area (Å²) in [7, 11) is 1.63. The lowest BCUT2D eigenvalue weighted by molar-refractivity contribution is 0.0699. The van der Waals surface area contributed by atoms with Gasteiger partial charge in [-0.15, -0.1) is 5.10 Å². The fourth-order valence-electron chi connectivity index (χ4n) is 3.12. The zero-order valence-electron chi connectivity index (χ0n) is 15.5. The lowest BCUT2D eigenvalue weighted by Crippen LogP contribution is -2.04. The van der Waals surface area contributed by atoms with Crippen molar-refractivity contribution in [3.05, 3.63) is 71.4 Å². The van der Waals surface area contributed by atoms with Crippen LogP contribution < -0.4 is 4.74 Å². The van der Waals surface area contributed by atoms with Crippen LogP contribution in [-0.4, -0.2) is 38.2 Å². The van der Waals surface area contributed by atoms with Gasteiger partial charge in [0.2, 0.25) is 0 Å². The van der Waals surface area contributed by atoms with Gasteiger partial charge in [-0.2, -0.15) is 0 Å². The average Bonchev–Trinajstić information content (AvgIpc) is 3.08. The van der Waals surface area contributed by atoms with Crippen molar-refractivity contribution in [3.8, 4) is 17.1 Å². The minimum atomic E-state index is -0.997. The second-order valence-electron chi connectivity index (χ2n) is 6.41. The molecule has 2 heterocycles. The molecule has 2 aromatic carbocycles. The van der Waals surface area contributed by atoms with E-state index in [1.807, 2.05) is 37.3 Å². The van der Waals surface area contributed by atoms with Crippen molar-refractivity contribution in [2.24, 2.45) is 0 Å². The van der Waals surface area contributed by atoms with Gasteiger partial charge >= 0.3 is 5.97 Å². The Labute approximate surface area is 161 Å². The number of hydrogen-bond donors (Lipinski definition) is 1. The van der Waals surface area contributed by atoms with Gasteiger partial charge in [0.05, 0.1) is 36.1 Å². The highest BCUT2D eigenvalue weighted by Gasteiger charge is 2.17. The quantitative estimate of drug-likeness (QED) is 0.574. The Morgan fingerprint density at radius 1 is 1.14 bits per heavy atom. The van der Waals surface area contributed by atoms with Crippen LogP contribution >= 0.6 is 0 Å². The molecule has 0 spiro atoms. The molecule has 7 heteroatoms. The molecule has 0 amide bonds.